The van der Waals surface area contributed by atoms with Gasteiger partial charge in [-0.05, 0) is 73.6 Å². The van der Waals surface area contributed by atoms with E-state index in [0.29, 0.717) is 22.0 Å². The van der Waals surface area contributed by atoms with Crippen molar-refractivity contribution in [3.05, 3.63) is 93.4 Å². The zero-order valence-corrected chi connectivity index (χ0v) is 21.6. The first-order chi connectivity index (χ1) is 17.4. The molecular weight excluding hydrogens is 468 g/mol. The number of carbonyl (C=O) groups excluding carboxylic acids is 2. The number of amides is 2. The molecule has 36 heavy (non-hydrogen) atoms. The van der Waals surface area contributed by atoms with E-state index >= 15 is 0 Å². The number of anilines is 1. The van der Waals surface area contributed by atoms with E-state index in [1.54, 1.807) is 6.07 Å². The van der Waals surface area contributed by atoms with E-state index in [-0.39, 0.29) is 11.8 Å². The fraction of sp³-hybridized carbons (Fsp3) is 0.276. The molecule has 0 aliphatic carbocycles. The maximum absolute atomic E-state index is 13.3. The fourth-order valence-corrected chi connectivity index (χ4v) is 5.51. The lowest BCUT2D eigenvalue weighted by Crippen LogP contribution is -2.38. The van der Waals surface area contributed by atoms with Crippen LogP contribution in [0.25, 0.3) is 11.1 Å². The quantitative estimate of drug-likeness (QED) is 0.365. The lowest BCUT2D eigenvalue weighted by Gasteiger charge is -2.32. The Kier molecular flexibility index (Phi) is 6.74. The maximum atomic E-state index is 13.3. The standard InChI is InChI=1S/C29H30N4O2S/c1-19-4-6-24(16-26(19)31-28(34)27-11-5-20(2)36-27)29(35)33-14-12-23(13-15-33)21-7-9-22(10-8-21)25-17-30-32(3)18-25/h4-11,16-18,23H,12-15H2,1-3H3,(H,31,34). The van der Waals surface area contributed by atoms with Crippen LogP contribution in [-0.4, -0.2) is 39.6 Å². The molecule has 2 amide bonds. The molecule has 1 fully saturated rings. The van der Waals surface area contributed by atoms with Crippen molar-refractivity contribution in [1.82, 2.24) is 14.7 Å². The molecule has 0 unspecified atom stereocenters. The summed E-state index contributed by atoms with van der Waals surface area (Å²) in [6.45, 7) is 5.36. The van der Waals surface area contributed by atoms with E-state index in [4.69, 9.17) is 0 Å². The van der Waals surface area contributed by atoms with Gasteiger partial charge in [0.05, 0.1) is 11.1 Å². The van der Waals surface area contributed by atoms with Gasteiger partial charge in [0.25, 0.3) is 11.8 Å². The summed E-state index contributed by atoms with van der Waals surface area (Å²) < 4.78 is 1.81. The van der Waals surface area contributed by atoms with Crippen molar-refractivity contribution in [3.63, 3.8) is 0 Å². The van der Waals surface area contributed by atoms with Crippen LogP contribution in [0.3, 0.4) is 0 Å². The highest BCUT2D eigenvalue weighted by atomic mass is 32.1. The van der Waals surface area contributed by atoms with Crippen LogP contribution in [-0.2, 0) is 7.05 Å². The normalized spacial score (nSPS) is 14.1. The van der Waals surface area contributed by atoms with E-state index in [9.17, 15) is 9.59 Å². The number of piperidine rings is 1. The summed E-state index contributed by atoms with van der Waals surface area (Å²) in [5.41, 5.74) is 5.82. The van der Waals surface area contributed by atoms with Crippen LogP contribution < -0.4 is 5.32 Å². The van der Waals surface area contributed by atoms with Crippen LogP contribution in [0.15, 0.2) is 67.0 Å². The van der Waals surface area contributed by atoms with Gasteiger partial charge in [-0.25, -0.2) is 0 Å². The third-order valence-corrected chi connectivity index (χ3v) is 7.90. The number of aromatic nitrogens is 2. The molecule has 0 atom stereocenters. The third-order valence-electron chi connectivity index (χ3n) is 6.90. The van der Waals surface area contributed by atoms with Crippen molar-refractivity contribution < 1.29 is 9.59 Å². The molecule has 7 heteroatoms. The number of benzene rings is 2. The Bertz CT molecular complexity index is 1390. The molecule has 0 saturated carbocycles. The second-order valence-electron chi connectivity index (χ2n) is 9.49. The van der Waals surface area contributed by atoms with E-state index in [0.717, 1.165) is 47.5 Å². The number of hydrogen-bond acceptors (Lipinski definition) is 4. The summed E-state index contributed by atoms with van der Waals surface area (Å²) in [7, 11) is 1.92. The number of likely N-dealkylation sites (tertiary alicyclic amines) is 1. The topological polar surface area (TPSA) is 67.2 Å². The molecule has 5 rings (SSSR count). The van der Waals surface area contributed by atoms with Gasteiger partial charge in [0.15, 0.2) is 0 Å². The highest BCUT2D eigenvalue weighted by Crippen LogP contribution is 2.31. The number of nitrogens with zero attached hydrogens (tertiary/aromatic N) is 3. The number of rotatable bonds is 5. The van der Waals surface area contributed by atoms with Gasteiger partial charge in [-0.3, -0.25) is 14.3 Å². The minimum absolute atomic E-state index is 0.0165. The van der Waals surface area contributed by atoms with Gasteiger partial charge >= 0.3 is 0 Å². The van der Waals surface area contributed by atoms with E-state index < -0.39 is 0 Å². The summed E-state index contributed by atoms with van der Waals surface area (Å²) in [4.78, 5) is 29.6. The Labute approximate surface area is 215 Å². The molecule has 1 aliphatic rings. The maximum Gasteiger partial charge on any atom is 0.265 e. The predicted octanol–water partition coefficient (Wildman–Crippen LogP) is 6.04. The monoisotopic (exact) mass is 498 g/mol. The Balaban J connectivity index is 1.21. The number of aryl methyl sites for hydroxylation is 3. The van der Waals surface area contributed by atoms with E-state index in [1.807, 2.05) is 67.1 Å². The molecule has 1 aliphatic heterocycles. The molecule has 0 radical (unpaired) electrons. The van der Waals surface area contributed by atoms with Crippen molar-refractivity contribution in [2.45, 2.75) is 32.6 Å². The summed E-state index contributed by atoms with van der Waals surface area (Å²) in [6, 6.07) is 18.0. The summed E-state index contributed by atoms with van der Waals surface area (Å²) in [5, 5.41) is 7.23. The average Bonchev–Trinajstić information content (AvgIpc) is 3.53. The molecule has 0 bridgehead atoms. The molecule has 2 aromatic carbocycles. The molecule has 2 aromatic heterocycles. The van der Waals surface area contributed by atoms with Crippen LogP contribution in [0.2, 0.25) is 0 Å². The van der Waals surface area contributed by atoms with Gasteiger partial charge < -0.3 is 10.2 Å². The van der Waals surface area contributed by atoms with Crippen molar-refractivity contribution >= 4 is 28.8 Å². The van der Waals surface area contributed by atoms with E-state index in [2.05, 4.69) is 34.7 Å². The van der Waals surface area contributed by atoms with Gasteiger partial charge in [-0.2, -0.15) is 5.10 Å². The summed E-state index contributed by atoms with van der Waals surface area (Å²) in [6.07, 6.45) is 5.77. The summed E-state index contributed by atoms with van der Waals surface area (Å²) >= 11 is 1.46. The van der Waals surface area contributed by atoms with Gasteiger partial charge in [0.1, 0.15) is 0 Å². The number of carbonyl (C=O) groups is 2. The highest BCUT2D eigenvalue weighted by Gasteiger charge is 2.25. The Morgan fingerprint density at radius 1 is 0.972 bits per heavy atom. The summed E-state index contributed by atoms with van der Waals surface area (Å²) in [5.74, 6) is 0.318. The minimum atomic E-state index is -0.142. The van der Waals surface area contributed by atoms with Crippen LogP contribution >= 0.6 is 11.3 Å². The fourth-order valence-electron chi connectivity index (χ4n) is 4.75. The van der Waals surface area contributed by atoms with Crippen molar-refractivity contribution in [1.29, 1.82) is 0 Å². The van der Waals surface area contributed by atoms with E-state index in [1.165, 1.54) is 16.9 Å². The molecule has 3 heterocycles. The lowest BCUT2D eigenvalue weighted by molar-refractivity contribution is 0.0712. The van der Waals surface area contributed by atoms with Gasteiger partial charge in [-0.15, -0.1) is 11.3 Å². The van der Waals surface area contributed by atoms with Crippen LogP contribution in [0.5, 0.6) is 0 Å². The molecule has 4 aromatic rings. The smallest absolute Gasteiger partial charge is 0.265 e. The Morgan fingerprint density at radius 3 is 2.36 bits per heavy atom. The van der Waals surface area contributed by atoms with Crippen LogP contribution in [0.1, 0.15) is 54.8 Å². The largest absolute Gasteiger partial charge is 0.339 e. The van der Waals surface area contributed by atoms with Gasteiger partial charge in [0.2, 0.25) is 0 Å². The van der Waals surface area contributed by atoms with Crippen LogP contribution in [0, 0.1) is 13.8 Å². The first-order valence-corrected chi connectivity index (χ1v) is 13.1. The molecule has 1 saturated heterocycles. The second kappa shape index (κ2) is 10.1. The SMILES string of the molecule is Cc1ccc(C(=O)Nc2cc(C(=O)N3CCC(c4ccc(-c5cnn(C)c5)cc4)CC3)ccc2C)s1. The Hall–Kier alpha value is -3.71. The molecule has 6 nitrogen and oxygen atoms in total. The molecule has 184 valence electrons. The highest BCUT2D eigenvalue weighted by molar-refractivity contribution is 7.14. The van der Waals surface area contributed by atoms with Crippen molar-refractivity contribution in [3.8, 4) is 11.1 Å². The average molecular weight is 499 g/mol. The number of nitrogens with one attached hydrogen (secondary N) is 1. The number of hydrogen-bond donors (Lipinski definition) is 1. The first-order valence-electron chi connectivity index (χ1n) is 12.2. The minimum Gasteiger partial charge on any atom is -0.339 e. The number of thiophene rings is 1. The molecular formula is C29H30N4O2S. The van der Waals surface area contributed by atoms with Gasteiger partial charge in [-0.1, -0.05) is 30.3 Å². The second-order valence-corrected chi connectivity index (χ2v) is 10.8. The molecule has 1 N–H and O–H groups in total. The first kappa shape index (κ1) is 24.0. The van der Waals surface area contributed by atoms with Crippen molar-refractivity contribution in [2.24, 2.45) is 7.05 Å². The predicted molar refractivity (Wildman–Crippen MR) is 145 cm³/mol. The zero-order chi connectivity index (χ0) is 25.2. The van der Waals surface area contributed by atoms with Gasteiger partial charge in [0, 0.05) is 48.0 Å². The Morgan fingerprint density at radius 2 is 1.72 bits per heavy atom. The van der Waals surface area contributed by atoms with Crippen LogP contribution in [0.4, 0.5) is 5.69 Å². The molecule has 0 spiro atoms. The lowest BCUT2D eigenvalue weighted by atomic mass is 9.88. The zero-order valence-electron chi connectivity index (χ0n) is 20.8. The van der Waals surface area contributed by atoms with Crippen molar-refractivity contribution in [2.75, 3.05) is 18.4 Å². The third kappa shape index (κ3) is 5.11.